The van der Waals surface area contributed by atoms with Crippen molar-refractivity contribution < 1.29 is 0 Å². The molecule has 2 aromatic rings. The third-order valence-corrected chi connectivity index (χ3v) is 2.86. The predicted octanol–water partition coefficient (Wildman–Crippen LogP) is 4.00. The van der Waals surface area contributed by atoms with E-state index >= 15 is 0 Å². The Morgan fingerprint density at radius 1 is 0.929 bits per heavy atom. The maximum atomic E-state index is 6.10. The second-order valence-electron chi connectivity index (χ2n) is 2.97. The fraction of sp³-hybridized carbons (Fsp3) is 0. The summed E-state index contributed by atoms with van der Waals surface area (Å²) < 4.78 is 0. The third-order valence-electron chi connectivity index (χ3n) is 2.04. The van der Waals surface area contributed by atoms with Crippen LogP contribution in [0.5, 0.6) is 0 Å². The minimum absolute atomic E-state index is 0.591. The van der Waals surface area contributed by atoms with E-state index in [2.05, 4.69) is 0 Å². The molecule has 0 bridgehead atoms. The quantitative estimate of drug-likeness (QED) is 0.682. The van der Waals surface area contributed by atoms with Crippen LogP contribution in [0.4, 0.5) is 0 Å². The molecule has 0 aliphatic heterocycles. The Morgan fingerprint density at radius 3 is 2.36 bits per heavy atom. The van der Waals surface area contributed by atoms with Gasteiger partial charge in [0.15, 0.2) is 0 Å². The fourth-order valence-corrected chi connectivity index (χ4v) is 1.75. The Morgan fingerprint density at radius 2 is 1.64 bits per heavy atom. The van der Waals surface area contributed by atoms with Gasteiger partial charge in [-0.05, 0) is 0 Å². The van der Waals surface area contributed by atoms with Crippen LogP contribution in [-0.2, 0) is 0 Å². The van der Waals surface area contributed by atoms with Gasteiger partial charge in [0.2, 0.25) is 0 Å². The molecule has 0 aliphatic carbocycles. The Balaban J connectivity index is 2.58. The molecule has 1 aromatic carbocycles. The van der Waals surface area contributed by atoms with Gasteiger partial charge in [-0.1, -0.05) is 0 Å². The van der Waals surface area contributed by atoms with E-state index in [4.69, 9.17) is 23.2 Å². The first kappa shape index (κ1) is 9.76. The number of benzene rings is 1. The molecule has 0 saturated heterocycles. The van der Waals surface area contributed by atoms with E-state index in [1.54, 1.807) is 6.07 Å². The van der Waals surface area contributed by atoms with Gasteiger partial charge in [-0.3, -0.25) is 0 Å². The summed E-state index contributed by atoms with van der Waals surface area (Å²) >= 11 is 12.0. The molecule has 0 atom stereocenters. The van der Waals surface area contributed by atoms with Crippen LogP contribution in [0, 0.1) is 0 Å². The maximum absolute atomic E-state index is 6.10. The van der Waals surface area contributed by atoms with Crippen LogP contribution >= 0.6 is 23.2 Å². The summed E-state index contributed by atoms with van der Waals surface area (Å²) in [6.45, 7) is 1.96. The van der Waals surface area contributed by atoms with Gasteiger partial charge in [0.05, 0.1) is 0 Å². The summed E-state index contributed by atoms with van der Waals surface area (Å²) in [5.74, 6) is 1.90. The first-order valence-corrected chi connectivity index (χ1v) is 5.04. The Bertz CT molecular complexity index is 440. The van der Waals surface area contributed by atoms with Crippen molar-refractivity contribution in [2.45, 2.75) is 0 Å². The zero-order valence-corrected chi connectivity index (χ0v) is 8.89. The monoisotopic (exact) mass is 220 g/mol. The molecule has 0 radical (unpaired) electrons. The zero-order valence-electron chi connectivity index (χ0n) is 7.37. The molecule has 1 heterocycles. The van der Waals surface area contributed by atoms with Crippen molar-refractivity contribution in [3.05, 3.63) is 52.4 Å². The topological polar surface area (TPSA) is 0 Å². The second kappa shape index (κ2) is 4.16. The summed E-state index contributed by atoms with van der Waals surface area (Å²) in [7, 11) is 0. The van der Waals surface area contributed by atoms with Crippen LogP contribution in [0.3, 0.4) is 0 Å². The number of rotatable bonds is 1. The molecule has 68 valence electrons. The van der Waals surface area contributed by atoms with Crippen molar-refractivity contribution >= 4 is 30.1 Å². The van der Waals surface area contributed by atoms with Gasteiger partial charge in [-0.2, -0.15) is 0 Å². The van der Waals surface area contributed by atoms with E-state index in [1.807, 2.05) is 43.2 Å². The fourth-order valence-electron chi connectivity index (χ4n) is 1.34. The number of hydrogen-bond acceptors (Lipinski definition) is 0. The molecule has 0 amide bonds. The molecule has 1 aromatic heterocycles. The molecule has 0 nitrogen and oxygen atoms in total. The third kappa shape index (κ3) is 1.84. The predicted molar refractivity (Wildman–Crippen MR) is 63.2 cm³/mol. The van der Waals surface area contributed by atoms with Crippen LogP contribution in [0.2, 0.25) is 10.0 Å². The summed E-state index contributed by atoms with van der Waals surface area (Å²) in [5, 5.41) is 1.20. The molecule has 0 fully saturated rings. The molecule has 0 saturated carbocycles. The van der Waals surface area contributed by atoms with Crippen molar-refractivity contribution in [1.29, 1.82) is 0 Å². The summed E-state index contributed by atoms with van der Waals surface area (Å²) in [6.07, 6.45) is 0. The van der Waals surface area contributed by atoms with Gasteiger partial charge in [0.1, 0.15) is 0 Å². The van der Waals surface area contributed by atoms with Crippen molar-refractivity contribution in [1.82, 2.24) is 0 Å². The Labute approximate surface area is 93.7 Å². The summed E-state index contributed by atoms with van der Waals surface area (Å²) in [4.78, 5) is 0. The molecule has 0 spiro atoms. The molecule has 2 rings (SSSR count). The van der Waals surface area contributed by atoms with Gasteiger partial charge in [-0.15, -0.1) is 0 Å². The van der Waals surface area contributed by atoms with Gasteiger partial charge >= 0.3 is 93.5 Å². The average molecular weight is 221 g/mol. The van der Waals surface area contributed by atoms with E-state index in [0.29, 0.717) is 10.0 Å². The van der Waals surface area contributed by atoms with E-state index < -0.39 is 0 Å². The molecule has 0 aliphatic rings. The van der Waals surface area contributed by atoms with Crippen molar-refractivity contribution in [2.24, 2.45) is 0 Å². The first-order valence-electron chi connectivity index (χ1n) is 4.28. The summed E-state index contributed by atoms with van der Waals surface area (Å²) in [6, 6.07) is 11.7. The number of hydrogen-bond donors (Lipinski definition) is 0. The van der Waals surface area contributed by atoms with Crippen LogP contribution in [0.15, 0.2) is 42.4 Å². The van der Waals surface area contributed by atoms with Gasteiger partial charge in [0, 0.05) is 0 Å². The van der Waals surface area contributed by atoms with Gasteiger partial charge in [-0.25, -0.2) is 0 Å². The van der Waals surface area contributed by atoms with E-state index in [1.165, 1.54) is 0 Å². The van der Waals surface area contributed by atoms with E-state index in [9.17, 15) is 0 Å². The Kier molecular flexibility index (Phi) is 2.90. The minimum atomic E-state index is 0.591. The zero-order chi connectivity index (χ0) is 9.97. The van der Waals surface area contributed by atoms with Crippen molar-refractivity contribution in [3.63, 3.8) is 0 Å². The van der Waals surface area contributed by atoms with Crippen molar-refractivity contribution in [2.75, 3.05) is 0 Å². The Hall–Kier alpha value is -0.785. The van der Waals surface area contributed by atoms with Gasteiger partial charge < -0.3 is 0 Å². The molecule has 14 heavy (non-hydrogen) atoms. The van der Waals surface area contributed by atoms with Crippen LogP contribution in [0.25, 0.3) is 11.0 Å². The first-order chi connectivity index (χ1) is 6.79. The van der Waals surface area contributed by atoms with E-state index in [-0.39, 0.29) is 0 Å². The van der Waals surface area contributed by atoms with Gasteiger partial charge in [0.25, 0.3) is 0 Å². The molecule has 0 N–H and O–H groups in total. The second-order valence-corrected chi connectivity index (χ2v) is 3.75. The molecular weight excluding hydrogens is 214 g/mol. The molecule has 0 unspecified atom stereocenters. The normalized spacial score (nSPS) is 9.86. The standard InChI is InChI=1S/C11H7BCl2/c13-9-6-7-12-10(11(9)14)8-4-2-1-3-5-8/h1-7H. The van der Waals surface area contributed by atoms with E-state index in [0.717, 1.165) is 11.0 Å². The summed E-state index contributed by atoms with van der Waals surface area (Å²) in [5.41, 5.74) is 2.06. The van der Waals surface area contributed by atoms with Crippen LogP contribution < -0.4 is 0 Å². The van der Waals surface area contributed by atoms with Crippen molar-refractivity contribution in [3.8, 4) is 11.0 Å². The SMILES string of the molecule is Clc1ccbc(-c2ccccc2)c1Cl. The van der Waals surface area contributed by atoms with Crippen LogP contribution in [0.1, 0.15) is 0 Å². The molecule has 3 heteroatoms. The number of halogens is 2. The average Bonchev–Trinajstić information content (AvgIpc) is 2.23. The van der Waals surface area contributed by atoms with Crippen LogP contribution in [-0.4, -0.2) is 6.91 Å². The molecular formula is C11H7BCl2.